The molecular formula is C19H24ClN3O6S2. The predicted molar refractivity (Wildman–Crippen MR) is 116 cm³/mol. The number of benzene rings is 1. The van der Waals surface area contributed by atoms with Gasteiger partial charge in [0.05, 0.1) is 5.02 Å². The maximum Gasteiger partial charge on any atom is 0.291 e. The Bertz CT molecular complexity index is 1190. The second-order valence-electron chi connectivity index (χ2n) is 8.18. The zero-order chi connectivity index (χ0) is 23.0. The molecule has 0 unspecified atom stereocenters. The first kappa shape index (κ1) is 23.7. The molecule has 2 aromatic rings. The van der Waals surface area contributed by atoms with Crippen molar-refractivity contribution in [1.82, 2.24) is 9.03 Å². The van der Waals surface area contributed by atoms with Crippen LogP contribution >= 0.6 is 11.6 Å². The van der Waals surface area contributed by atoms with Crippen molar-refractivity contribution in [2.45, 2.75) is 49.1 Å². The molecule has 1 aliphatic rings. The van der Waals surface area contributed by atoms with E-state index in [1.165, 1.54) is 34.6 Å². The highest BCUT2D eigenvalue weighted by Gasteiger charge is 2.30. The van der Waals surface area contributed by atoms with E-state index in [2.05, 4.69) is 10.0 Å². The van der Waals surface area contributed by atoms with Crippen LogP contribution in [0.5, 0.6) is 0 Å². The number of nitrogens with zero attached hydrogens (tertiary/aromatic N) is 1. The first-order valence-corrected chi connectivity index (χ1v) is 12.8. The van der Waals surface area contributed by atoms with Gasteiger partial charge in [0.25, 0.3) is 15.9 Å². The molecule has 3 rings (SSSR count). The Morgan fingerprint density at radius 3 is 2.32 bits per heavy atom. The van der Waals surface area contributed by atoms with Gasteiger partial charge in [-0.3, -0.25) is 4.79 Å². The van der Waals surface area contributed by atoms with E-state index < -0.39 is 36.6 Å². The number of sulfonamides is 2. The van der Waals surface area contributed by atoms with Crippen molar-refractivity contribution < 1.29 is 26.0 Å². The van der Waals surface area contributed by atoms with E-state index in [-0.39, 0.29) is 21.4 Å². The van der Waals surface area contributed by atoms with E-state index in [1.807, 2.05) is 0 Å². The summed E-state index contributed by atoms with van der Waals surface area (Å²) in [6.45, 7) is 5.86. The average Bonchev–Trinajstić information content (AvgIpc) is 3.33. The van der Waals surface area contributed by atoms with Gasteiger partial charge in [0.2, 0.25) is 15.1 Å². The maximum absolute atomic E-state index is 12.8. The molecule has 0 spiro atoms. The number of carbonyl (C=O) groups is 1. The number of hydrogen-bond acceptors (Lipinski definition) is 6. The Balaban J connectivity index is 1.81. The topological polar surface area (TPSA) is 126 Å². The fraction of sp³-hybridized carbons (Fsp3) is 0.421. The summed E-state index contributed by atoms with van der Waals surface area (Å²) in [5.74, 6) is -0.975. The van der Waals surface area contributed by atoms with E-state index >= 15 is 0 Å². The lowest BCUT2D eigenvalue weighted by Gasteiger charge is -2.19. The molecule has 0 radical (unpaired) electrons. The van der Waals surface area contributed by atoms with Gasteiger partial charge < -0.3 is 9.73 Å². The SMILES string of the molecule is CC(C)(C)NS(=O)(=O)c1ccc(C(=O)Nc2ccc(Cl)c(S(=O)(=O)N3CCCC3)c2)o1. The van der Waals surface area contributed by atoms with Gasteiger partial charge >= 0.3 is 0 Å². The van der Waals surface area contributed by atoms with Crippen LogP contribution in [0.4, 0.5) is 5.69 Å². The molecule has 1 aliphatic heterocycles. The molecule has 12 heteroatoms. The minimum absolute atomic E-state index is 0.0459. The largest absolute Gasteiger partial charge is 0.438 e. The van der Waals surface area contributed by atoms with Crippen molar-refractivity contribution in [3.63, 3.8) is 0 Å². The van der Waals surface area contributed by atoms with E-state index in [0.717, 1.165) is 12.8 Å². The second-order valence-corrected chi connectivity index (χ2v) is 12.1. The monoisotopic (exact) mass is 489 g/mol. The summed E-state index contributed by atoms with van der Waals surface area (Å²) in [6.07, 6.45) is 1.56. The van der Waals surface area contributed by atoms with Crippen LogP contribution in [0.2, 0.25) is 5.02 Å². The molecule has 2 heterocycles. The fourth-order valence-electron chi connectivity index (χ4n) is 3.08. The van der Waals surface area contributed by atoms with Gasteiger partial charge in [0.15, 0.2) is 5.76 Å². The molecule has 1 fully saturated rings. The summed E-state index contributed by atoms with van der Waals surface area (Å²) in [4.78, 5) is 12.4. The van der Waals surface area contributed by atoms with Crippen LogP contribution in [0.25, 0.3) is 0 Å². The lowest BCUT2D eigenvalue weighted by atomic mass is 10.1. The van der Waals surface area contributed by atoms with Crippen molar-refractivity contribution >= 4 is 43.2 Å². The van der Waals surface area contributed by atoms with Gasteiger partial charge in [-0.25, -0.2) is 21.6 Å². The molecule has 1 saturated heterocycles. The summed E-state index contributed by atoms with van der Waals surface area (Å²) in [5.41, 5.74) is -0.546. The summed E-state index contributed by atoms with van der Waals surface area (Å²) in [7, 11) is -7.73. The van der Waals surface area contributed by atoms with Crippen molar-refractivity contribution in [3.05, 3.63) is 41.1 Å². The van der Waals surface area contributed by atoms with Crippen molar-refractivity contribution in [3.8, 4) is 0 Å². The van der Waals surface area contributed by atoms with E-state index in [1.54, 1.807) is 20.8 Å². The average molecular weight is 490 g/mol. The lowest BCUT2D eigenvalue weighted by molar-refractivity contribution is 0.0991. The van der Waals surface area contributed by atoms with Crippen molar-refractivity contribution in [2.24, 2.45) is 0 Å². The highest BCUT2D eigenvalue weighted by molar-refractivity contribution is 7.89. The number of amides is 1. The summed E-state index contributed by atoms with van der Waals surface area (Å²) in [6, 6.07) is 6.50. The van der Waals surface area contributed by atoms with Crippen LogP contribution < -0.4 is 10.0 Å². The highest BCUT2D eigenvalue weighted by Crippen LogP contribution is 2.30. The van der Waals surface area contributed by atoms with Gasteiger partial charge in [0, 0.05) is 24.3 Å². The second kappa shape index (κ2) is 8.55. The standard InChI is InChI=1S/C19H24ClN3O6S2/c1-19(2,3)22-30(25,26)17-9-8-15(29-17)18(24)21-13-6-7-14(20)16(12-13)31(27,28)23-10-4-5-11-23/h6-9,12,22H,4-5,10-11H2,1-3H3,(H,21,24). The van der Waals surface area contributed by atoms with E-state index in [9.17, 15) is 21.6 Å². The molecule has 31 heavy (non-hydrogen) atoms. The number of nitrogens with one attached hydrogen (secondary N) is 2. The zero-order valence-corrected chi connectivity index (χ0v) is 19.7. The highest BCUT2D eigenvalue weighted by atomic mass is 35.5. The van der Waals surface area contributed by atoms with Crippen LogP contribution in [-0.2, 0) is 20.0 Å². The van der Waals surface area contributed by atoms with Gasteiger partial charge in [-0.05, 0) is 63.9 Å². The number of hydrogen-bond donors (Lipinski definition) is 2. The molecular weight excluding hydrogens is 466 g/mol. The van der Waals surface area contributed by atoms with E-state index in [4.69, 9.17) is 16.0 Å². The van der Waals surface area contributed by atoms with Gasteiger partial charge in [-0.1, -0.05) is 11.6 Å². The van der Waals surface area contributed by atoms with Crippen molar-refractivity contribution in [1.29, 1.82) is 0 Å². The number of carbonyl (C=O) groups excluding carboxylic acids is 1. The summed E-state index contributed by atoms with van der Waals surface area (Å²) >= 11 is 6.11. The Morgan fingerprint density at radius 2 is 1.71 bits per heavy atom. The van der Waals surface area contributed by atoms with Crippen LogP contribution in [0.3, 0.4) is 0 Å². The quantitative estimate of drug-likeness (QED) is 0.642. The maximum atomic E-state index is 12.8. The van der Waals surface area contributed by atoms with Gasteiger partial charge in [-0.2, -0.15) is 4.31 Å². The van der Waals surface area contributed by atoms with Gasteiger partial charge in [-0.15, -0.1) is 0 Å². The number of anilines is 1. The van der Waals surface area contributed by atoms with Crippen LogP contribution in [-0.4, -0.2) is 45.7 Å². The number of furan rings is 1. The Morgan fingerprint density at radius 1 is 1.06 bits per heavy atom. The first-order chi connectivity index (χ1) is 14.3. The lowest BCUT2D eigenvalue weighted by Crippen LogP contribution is -2.40. The third kappa shape index (κ3) is 5.47. The summed E-state index contributed by atoms with van der Waals surface area (Å²) in [5, 5.41) is 2.16. The Labute approximate surface area is 186 Å². The molecule has 1 aromatic carbocycles. The fourth-order valence-corrected chi connectivity index (χ4v) is 6.45. The molecule has 2 N–H and O–H groups in total. The van der Waals surface area contributed by atoms with Crippen LogP contribution in [0.1, 0.15) is 44.2 Å². The number of halogens is 1. The number of rotatable bonds is 6. The smallest absolute Gasteiger partial charge is 0.291 e. The molecule has 1 aromatic heterocycles. The molecule has 0 bridgehead atoms. The van der Waals surface area contributed by atoms with Crippen LogP contribution in [0, 0.1) is 0 Å². The first-order valence-electron chi connectivity index (χ1n) is 9.54. The third-order valence-corrected chi connectivity index (χ3v) is 8.39. The predicted octanol–water partition coefficient (Wildman–Crippen LogP) is 3.05. The molecule has 170 valence electrons. The Kier molecular flexibility index (Phi) is 6.55. The minimum atomic E-state index is -3.94. The van der Waals surface area contributed by atoms with Crippen LogP contribution in [0.15, 0.2) is 44.7 Å². The Hall–Kier alpha value is -1.92. The molecule has 1 amide bonds. The van der Waals surface area contributed by atoms with E-state index in [0.29, 0.717) is 13.1 Å². The normalized spacial score (nSPS) is 15.9. The molecule has 0 saturated carbocycles. The third-order valence-electron chi connectivity index (χ3n) is 4.38. The molecule has 0 aliphatic carbocycles. The van der Waals surface area contributed by atoms with Crippen molar-refractivity contribution in [2.75, 3.05) is 18.4 Å². The zero-order valence-electron chi connectivity index (χ0n) is 17.3. The van der Waals surface area contributed by atoms with Gasteiger partial charge in [0.1, 0.15) is 4.90 Å². The molecule has 9 nitrogen and oxygen atoms in total. The summed E-state index contributed by atoms with van der Waals surface area (Å²) < 4.78 is 59.3. The molecule has 0 atom stereocenters. The minimum Gasteiger partial charge on any atom is -0.438 e.